The van der Waals surface area contributed by atoms with E-state index in [1.54, 1.807) is 17.6 Å². The third-order valence-corrected chi connectivity index (χ3v) is 4.93. The van der Waals surface area contributed by atoms with Crippen molar-refractivity contribution in [2.75, 3.05) is 0 Å². The first-order valence-corrected chi connectivity index (χ1v) is 9.12. The van der Waals surface area contributed by atoms with Gasteiger partial charge in [0.15, 0.2) is 4.80 Å². The Morgan fingerprint density at radius 1 is 0.962 bits per heavy atom. The molecule has 26 heavy (non-hydrogen) atoms. The first-order valence-electron chi connectivity index (χ1n) is 7.86. The van der Waals surface area contributed by atoms with Gasteiger partial charge in [-0.15, -0.1) is 28.3 Å². The van der Waals surface area contributed by atoms with E-state index >= 15 is 0 Å². The quantitative estimate of drug-likeness (QED) is 0.360. The van der Waals surface area contributed by atoms with E-state index in [9.17, 15) is 0 Å². The monoisotopic (exact) mass is 446 g/mol. The maximum absolute atomic E-state index is 6.03. The summed E-state index contributed by atoms with van der Waals surface area (Å²) in [4.78, 5) is 5.72. The average Bonchev–Trinajstić information content (AvgIpc) is 3.28. The van der Waals surface area contributed by atoms with Gasteiger partial charge < -0.3 is 8.98 Å². The highest BCUT2D eigenvalue weighted by molar-refractivity contribution is 8.93. The number of nitrogens with zero attached hydrogens (tertiary/aromatic N) is 2. The average molecular weight is 448 g/mol. The molecule has 0 amide bonds. The maximum atomic E-state index is 6.03. The van der Waals surface area contributed by atoms with Crippen LogP contribution in [0.1, 0.15) is 5.76 Å². The minimum Gasteiger partial charge on any atom is -0.467 e. The van der Waals surface area contributed by atoms with E-state index in [0.29, 0.717) is 6.54 Å². The minimum absolute atomic E-state index is 0. The zero-order chi connectivity index (χ0) is 17.1. The lowest BCUT2D eigenvalue weighted by atomic mass is 10.2. The second-order valence-electron chi connectivity index (χ2n) is 5.52. The van der Waals surface area contributed by atoms with Gasteiger partial charge in [0.05, 0.1) is 24.2 Å². The molecule has 0 atom stereocenters. The fourth-order valence-electron chi connectivity index (χ4n) is 2.59. The first kappa shape index (κ1) is 18.7. The van der Waals surface area contributed by atoms with Crippen LogP contribution in [0.2, 0.25) is 5.02 Å². The zero-order valence-corrected chi connectivity index (χ0v) is 17.0. The van der Waals surface area contributed by atoms with Crippen molar-refractivity contribution in [3.05, 3.63) is 94.0 Å². The molecule has 0 N–H and O–H groups in total. The summed E-state index contributed by atoms with van der Waals surface area (Å²) in [5.74, 6) is 0.892. The fraction of sp³-hybridized carbons (Fsp3) is 0.0500. The van der Waals surface area contributed by atoms with Gasteiger partial charge in [0.25, 0.3) is 0 Å². The second kappa shape index (κ2) is 8.54. The number of furan rings is 1. The van der Waals surface area contributed by atoms with Crippen LogP contribution in [0.3, 0.4) is 0 Å². The van der Waals surface area contributed by atoms with Gasteiger partial charge in [-0.2, -0.15) is 0 Å². The van der Waals surface area contributed by atoms with Crippen molar-refractivity contribution >= 4 is 45.6 Å². The molecule has 0 spiro atoms. The number of halogens is 2. The molecular formula is C20H16BrClN2OS. The Morgan fingerprint density at radius 3 is 2.42 bits per heavy atom. The molecule has 0 unspecified atom stereocenters. The highest BCUT2D eigenvalue weighted by Crippen LogP contribution is 2.23. The SMILES string of the molecule is Br.Clc1ccc(-c2csc(=Nc3ccccc3)n2Cc2ccco2)cc1. The Hall–Kier alpha value is -2.08. The minimum atomic E-state index is 0. The van der Waals surface area contributed by atoms with E-state index in [0.717, 1.165) is 32.5 Å². The molecule has 2 heterocycles. The van der Waals surface area contributed by atoms with Gasteiger partial charge in [0, 0.05) is 10.4 Å². The van der Waals surface area contributed by atoms with E-state index < -0.39 is 0 Å². The van der Waals surface area contributed by atoms with Crippen LogP contribution in [0.4, 0.5) is 5.69 Å². The number of benzene rings is 2. The van der Waals surface area contributed by atoms with Crippen LogP contribution < -0.4 is 4.80 Å². The summed E-state index contributed by atoms with van der Waals surface area (Å²) >= 11 is 7.64. The molecule has 4 rings (SSSR count). The Balaban J connectivity index is 0.00000196. The van der Waals surface area contributed by atoms with Gasteiger partial charge in [-0.1, -0.05) is 41.9 Å². The molecule has 0 fully saturated rings. The number of hydrogen-bond donors (Lipinski definition) is 0. The molecule has 3 nitrogen and oxygen atoms in total. The van der Waals surface area contributed by atoms with Crippen LogP contribution in [-0.2, 0) is 6.54 Å². The summed E-state index contributed by atoms with van der Waals surface area (Å²) in [6.45, 7) is 0.625. The first-order chi connectivity index (χ1) is 12.3. The number of hydrogen-bond acceptors (Lipinski definition) is 3. The Labute approximate surface area is 171 Å². The molecular weight excluding hydrogens is 432 g/mol. The topological polar surface area (TPSA) is 30.4 Å². The predicted molar refractivity (Wildman–Crippen MR) is 113 cm³/mol. The summed E-state index contributed by atoms with van der Waals surface area (Å²) in [5, 5.41) is 2.85. The molecule has 0 aliphatic carbocycles. The van der Waals surface area contributed by atoms with Crippen LogP contribution in [-0.4, -0.2) is 4.57 Å². The fourth-order valence-corrected chi connectivity index (χ4v) is 3.65. The molecule has 0 aliphatic rings. The van der Waals surface area contributed by atoms with Gasteiger partial charge in [0.2, 0.25) is 0 Å². The smallest absolute Gasteiger partial charge is 0.190 e. The lowest BCUT2D eigenvalue weighted by Crippen LogP contribution is -2.16. The molecule has 2 aromatic heterocycles. The Morgan fingerprint density at radius 2 is 1.73 bits per heavy atom. The van der Waals surface area contributed by atoms with Crippen LogP contribution in [0.25, 0.3) is 11.3 Å². The second-order valence-corrected chi connectivity index (χ2v) is 6.80. The van der Waals surface area contributed by atoms with E-state index in [1.807, 2.05) is 66.7 Å². The lowest BCUT2D eigenvalue weighted by Gasteiger charge is -2.08. The number of thiazole rings is 1. The predicted octanol–water partition coefficient (Wildman–Crippen LogP) is 6.32. The van der Waals surface area contributed by atoms with E-state index in [2.05, 4.69) is 9.95 Å². The van der Waals surface area contributed by atoms with Gasteiger partial charge in [0.1, 0.15) is 5.76 Å². The molecule has 0 bridgehead atoms. The normalized spacial score (nSPS) is 11.3. The lowest BCUT2D eigenvalue weighted by molar-refractivity contribution is 0.492. The molecule has 2 aromatic carbocycles. The highest BCUT2D eigenvalue weighted by Gasteiger charge is 2.10. The van der Waals surface area contributed by atoms with Crippen LogP contribution in [0, 0.1) is 0 Å². The van der Waals surface area contributed by atoms with Gasteiger partial charge >= 0.3 is 0 Å². The molecule has 0 saturated heterocycles. The summed E-state index contributed by atoms with van der Waals surface area (Å²) in [6.07, 6.45) is 1.69. The molecule has 4 aromatic rings. The Bertz CT molecular complexity index is 1020. The van der Waals surface area contributed by atoms with Gasteiger partial charge in [-0.05, 0) is 42.0 Å². The van der Waals surface area contributed by atoms with Crippen LogP contribution in [0.5, 0.6) is 0 Å². The molecule has 0 saturated carbocycles. The van der Waals surface area contributed by atoms with E-state index in [-0.39, 0.29) is 17.0 Å². The summed E-state index contributed by atoms with van der Waals surface area (Å²) in [6, 6.07) is 21.7. The Kier molecular flexibility index (Phi) is 6.14. The van der Waals surface area contributed by atoms with Crippen LogP contribution >= 0.6 is 39.9 Å². The van der Waals surface area contributed by atoms with E-state index in [4.69, 9.17) is 21.0 Å². The zero-order valence-electron chi connectivity index (χ0n) is 13.7. The van der Waals surface area contributed by atoms with Crippen molar-refractivity contribution in [3.63, 3.8) is 0 Å². The third kappa shape index (κ3) is 4.18. The highest BCUT2D eigenvalue weighted by atomic mass is 79.9. The van der Waals surface area contributed by atoms with Crippen molar-refractivity contribution in [3.8, 4) is 11.3 Å². The van der Waals surface area contributed by atoms with Gasteiger partial charge in [-0.25, -0.2) is 4.99 Å². The van der Waals surface area contributed by atoms with Crippen molar-refractivity contribution < 1.29 is 4.42 Å². The molecule has 0 aliphatic heterocycles. The van der Waals surface area contributed by atoms with Crippen molar-refractivity contribution in [1.82, 2.24) is 4.57 Å². The number of para-hydroxylation sites is 1. The third-order valence-electron chi connectivity index (χ3n) is 3.81. The summed E-state index contributed by atoms with van der Waals surface area (Å²) in [5.41, 5.74) is 3.12. The standard InChI is InChI=1S/C20H15ClN2OS.BrH/c21-16-10-8-15(9-11-16)19-14-25-20(22-17-5-2-1-3-6-17)23(19)13-18-7-4-12-24-18;/h1-12,14H,13H2;1H. The van der Waals surface area contributed by atoms with Crippen molar-refractivity contribution in [1.29, 1.82) is 0 Å². The summed E-state index contributed by atoms with van der Waals surface area (Å²) < 4.78 is 7.71. The molecule has 6 heteroatoms. The van der Waals surface area contributed by atoms with Gasteiger partial charge in [-0.3, -0.25) is 0 Å². The number of aromatic nitrogens is 1. The van der Waals surface area contributed by atoms with E-state index in [1.165, 1.54) is 0 Å². The molecule has 0 radical (unpaired) electrons. The summed E-state index contributed by atoms with van der Waals surface area (Å²) in [7, 11) is 0. The van der Waals surface area contributed by atoms with Crippen molar-refractivity contribution in [2.24, 2.45) is 4.99 Å². The number of rotatable bonds is 4. The van der Waals surface area contributed by atoms with Crippen LogP contribution in [0.15, 0.2) is 87.8 Å². The largest absolute Gasteiger partial charge is 0.467 e. The molecule has 132 valence electrons. The van der Waals surface area contributed by atoms with Crippen molar-refractivity contribution in [2.45, 2.75) is 6.54 Å². The maximum Gasteiger partial charge on any atom is 0.190 e.